The van der Waals surface area contributed by atoms with E-state index in [9.17, 15) is 30.7 Å². The molecule has 51 heavy (non-hydrogen) atoms. The summed E-state index contributed by atoms with van der Waals surface area (Å²) >= 11 is 1.68. The number of rotatable bonds is 15. The Kier molecular flexibility index (Phi) is 11.3. The number of anilines is 1. The van der Waals surface area contributed by atoms with Crippen LogP contribution in [0.3, 0.4) is 0 Å². The van der Waals surface area contributed by atoms with Gasteiger partial charge in [-0.05, 0) is 107 Å². The Hall–Kier alpha value is -3.88. The molecule has 1 atom stereocenters. The van der Waals surface area contributed by atoms with E-state index in [-0.39, 0.29) is 16.2 Å². The van der Waals surface area contributed by atoms with Crippen LogP contribution in [0.1, 0.15) is 75.8 Å². The minimum Gasteiger partial charge on any atom is -0.481 e. The highest BCUT2D eigenvalue weighted by atomic mass is 32.2. The summed E-state index contributed by atoms with van der Waals surface area (Å²) in [6.45, 7) is 9.42. The third-order valence-corrected chi connectivity index (χ3v) is 12.6. The van der Waals surface area contributed by atoms with Crippen molar-refractivity contribution in [1.82, 2.24) is 0 Å². The fraction of sp³-hybridized carbons (Fsp3) is 0.368. The van der Waals surface area contributed by atoms with E-state index >= 15 is 0 Å². The van der Waals surface area contributed by atoms with Gasteiger partial charge in [-0.1, -0.05) is 24.3 Å². The van der Waals surface area contributed by atoms with Crippen LogP contribution in [0.2, 0.25) is 0 Å². The molecule has 2 aromatic carbocycles. The summed E-state index contributed by atoms with van der Waals surface area (Å²) in [5, 5.41) is 11.1. The van der Waals surface area contributed by atoms with Gasteiger partial charge in [0.15, 0.2) is 5.71 Å². The predicted octanol–water partition coefficient (Wildman–Crippen LogP) is 7.69. The summed E-state index contributed by atoms with van der Waals surface area (Å²) in [7, 11) is -8.80. The second-order valence-corrected chi connectivity index (χ2v) is 17.5. The van der Waals surface area contributed by atoms with Crippen molar-refractivity contribution in [3.63, 3.8) is 0 Å². The van der Waals surface area contributed by atoms with Gasteiger partial charge in [-0.3, -0.25) is 13.9 Å². The molecule has 10 nitrogen and oxygen atoms in total. The number of likely N-dealkylation sites (N-methyl/N-ethyl adjacent to an activating group) is 1. The molecule has 0 saturated heterocycles. The number of hydrogen-bond donors (Lipinski definition) is 3. The molecule has 3 heterocycles. The predicted molar refractivity (Wildman–Crippen MR) is 201 cm³/mol. The zero-order valence-corrected chi connectivity index (χ0v) is 31.7. The molecular weight excluding hydrogens is 709 g/mol. The van der Waals surface area contributed by atoms with Crippen LogP contribution < -0.4 is 4.90 Å². The van der Waals surface area contributed by atoms with E-state index in [0.29, 0.717) is 19.5 Å². The Labute approximate surface area is 304 Å². The Balaban J connectivity index is 1.48. The van der Waals surface area contributed by atoms with Crippen LogP contribution >= 0.6 is 11.3 Å². The molecule has 13 heteroatoms. The number of aliphatic carboxylic acids is 1. The number of carboxylic acids is 1. The monoisotopic (exact) mass is 753 g/mol. The normalized spacial score (nSPS) is 19.5. The van der Waals surface area contributed by atoms with Crippen molar-refractivity contribution in [2.24, 2.45) is 0 Å². The van der Waals surface area contributed by atoms with Gasteiger partial charge >= 0.3 is 5.97 Å². The molecular formula is C38H45N2O8S3+. The zero-order chi connectivity index (χ0) is 37.2. The zero-order valence-electron chi connectivity index (χ0n) is 29.2. The maximum atomic E-state index is 12.1. The number of nitrogens with zero attached hydrogens (tertiary/aromatic N) is 2. The van der Waals surface area contributed by atoms with E-state index in [4.69, 9.17) is 5.11 Å². The number of hydrogen-bond acceptors (Lipinski definition) is 7. The lowest BCUT2D eigenvalue weighted by Crippen LogP contribution is -2.29. The molecule has 0 saturated carbocycles. The summed E-state index contributed by atoms with van der Waals surface area (Å²) in [5.41, 5.74) is 4.14. The Morgan fingerprint density at radius 1 is 0.902 bits per heavy atom. The highest BCUT2D eigenvalue weighted by Gasteiger charge is 2.45. The molecule has 3 N–H and O–H groups in total. The number of benzene rings is 2. The topological polar surface area (TPSA) is 152 Å². The molecule has 272 valence electrons. The standard InChI is InChI=1S/C38H44N2O8S3/c1-5-39-33-20-18-29(51(46,47)48)26-31(33)38(4,22-21-27-13-12-24-49-27)35(39)15-9-6-8-14-34-37(2,3)30-25-28(50(43,44)45)17-19-32(30)40(34)23-11-7-10-16-36(41)42/h6,8-9,12-15,17-20,24-26H,5,7,10-11,16,21-23H2,1-4H3,(H2-,41,42,43,44,45,46,47,48)/p+1. The van der Waals surface area contributed by atoms with E-state index < -0.39 is 37.0 Å². The van der Waals surface area contributed by atoms with Crippen LogP contribution in [0.4, 0.5) is 11.4 Å². The van der Waals surface area contributed by atoms with E-state index in [1.54, 1.807) is 29.5 Å². The van der Waals surface area contributed by atoms with Crippen LogP contribution in [0.5, 0.6) is 0 Å². The van der Waals surface area contributed by atoms with Crippen LogP contribution in [-0.2, 0) is 42.3 Å². The SMILES string of the molecule is CCN1/C(=C/C=C/C=C/C2=[N+](CCCCCC(=O)O)c3ccc(S(=O)(=O)O)cc3C2(C)C)C(C)(CCc2cccs2)c2cc(S(=O)(=O)O)ccc21. The molecule has 0 spiro atoms. The third kappa shape index (κ3) is 8.12. The second-order valence-electron chi connectivity index (χ2n) is 13.6. The maximum Gasteiger partial charge on any atom is 0.303 e. The first-order chi connectivity index (χ1) is 24.0. The smallest absolute Gasteiger partial charge is 0.303 e. The number of aryl methyl sites for hydroxylation is 1. The molecule has 2 aliphatic rings. The fourth-order valence-electron chi connectivity index (χ4n) is 7.26. The van der Waals surface area contributed by atoms with Crippen LogP contribution in [0.25, 0.3) is 0 Å². The highest BCUT2D eigenvalue weighted by molar-refractivity contribution is 7.86. The molecule has 1 unspecified atom stereocenters. The first kappa shape index (κ1) is 38.4. The fourth-order valence-corrected chi connectivity index (χ4v) is 8.98. The lowest BCUT2D eigenvalue weighted by Gasteiger charge is -2.30. The molecule has 1 aromatic heterocycles. The average Bonchev–Trinajstić information content (AvgIpc) is 3.72. The van der Waals surface area contributed by atoms with Gasteiger partial charge in [-0.25, -0.2) is 0 Å². The van der Waals surface area contributed by atoms with Crippen molar-refractivity contribution in [1.29, 1.82) is 0 Å². The summed E-state index contributed by atoms with van der Waals surface area (Å²) in [6, 6.07) is 13.5. The van der Waals surface area contributed by atoms with Crippen molar-refractivity contribution >= 4 is 54.6 Å². The quantitative estimate of drug-likeness (QED) is 0.0614. The molecule has 0 amide bonds. The second kappa shape index (κ2) is 15.0. The number of unbranched alkanes of at least 4 members (excludes halogenated alkanes) is 2. The van der Waals surface area contributed by atoms with Gasteiger partial charge in [-0.2, -0.15) is 21.4 Å². The Morgan fingerprint density at radius 3 is 2.22 bits per heavy atom. The minimum absolute atomic E-state index is 0.103. The summed E-state index contributed by atoms with van der Waals surface area (Å²) < 4.78 is 70.0. The lowest BCUT2D eigenvalue weighted by atomic mass is 9.77. The number of allylic oxidation sites excluding steroid dienone is 6. The van der Waals surface area contributed by atoms with Crippen molar-refractivity contribution in [2.45, 2.75) is 86.8 Å². The molecule has 0 fully saturated rings. The number of fused-ring (bicyclic) bond motifs is 2. The van der Waals surface area contributed by atoms with Gasteiger partial charge in [-0.15, -0.1) is 11.3 Å². The van der Waals surface area contributed by atoms with Gasteiger partial charge in [0.25, 0.3) is 20.2 Å². The summed E-state index contributed by atoms with van der Waals surface area (Å²) in [6.07, 6.45) is 13.5. The average molecular weight is 754 g/mol. The van der Waals surface area contributed by atoms with E-state index in [1.807, 2.05) is 62.6 Å². The van der Waals surface area contributed by atoms with E-state index in [2.05, 4.69) is 22.5 Å². The molecule has 2 aliphatic heterocycles. The number of carbonyl (C=O) groups is 1. The van der Waals surface area contributed by atoms with Crippen molar-refractivity contribution in [3.05, 3.63) is 106 Å². The lowest BCUT2D eigenvalue weighted by molar-refractivity contribution is -0.438. The van der Waals surface area contributed by atoms with Gasteiger partial charge in [0, 0.05) is 58.8 Å². The van der Waals surface area contributed by atoms with Crippen molar-refractivity contribution in [3.8, 4) is 0 Å². The number of thiophene rings is 1. The molecule has 3 aromatic rings. The molecule has 0 bridgehead atoms. The van der Waals surface area contributed by atoms with Gasteiger partial charge in [0.1, 0.15) is 6.54 Å². The largest absolute Gasteiger partial charge is 0.481 e. The highest BCUT2D eigenvalue weighted by Crippen LogP contribution is 2.51. The first-order valence-electron chi connectivity index (χ1n) is 16.9. The van der Waals surface area contributed by atoms with Gasteiger partial charge < -0.3 is 10.0 Å². The van der Waals surface area contributed by atoms with E-state index in [0.717, 1.165) is 59.6 Å². The number of carboxylic acid groups (broad SMARTS) is 1. The van der Waals surface area contributed by atoms with Crippen molar-refractivity contribution in [2.75, 3.05) is 18.0 Å². The Morgan fingerprint density at radius 2 is 1.59 bits per heavy atom. The molecule has 0 aliphatic carbocycles. The van der Waals surface area contributed by atoms with Gasteiger partial charge in [0.05, 0.1) is 15.2 Å². The van der Waals surface area contributed by atoms with Crippen LogP contribution in [0, 0.1) is 0 Å². The van der Waals surface area contributed by atoms with E-state index in [1.165, 1.54) is 23.1 Å². The van der Waals surface area contributed by atoms with Crippen LogP contribution in [-0.4, -0.2) is 60.4 Å². The van der Waals surface area contributed by atoms with Crippen molar-refractivity contribution < 1.29 is 40.4 Å². The Bertz CT molecular complexity index is 2150. The summed E-state index contributed by atoms with van der Waals surface area (Å²) in [4.78, 5) is 14.1. The third-order valence-electron chi connectivity index (χ3n) is 9.94. The molecule has 5 rings (SSSR count). The summed E-state index contributed by atoms with van der Waals surface area (Å²) in [5.74, 6) is -0.827. The van der Waals surface area contributed by atoms with Gasteiger partial charge in [0.2, 0.25) is 5.69 Å². The minimum atomic E-state index is -4.40. The molecule has 0 radical (unpaired) electrons. The maximum absolute atomic E-state index is 12.1. The van der Waals surface area contributed by atoms with Crippen LogP contribution in [0.15, 0.2) is 99.8 Å². The first-order valence-corrected chi connectivity index (χ1v) is 20.7.